The van der Waals surface area contributed by atoms with Gasteiger partial charge in [-0.1, -0.05) is 0 Å². The molecule has 0 aromatic carbocycles. The van der Waals surface area contributed by atoms with Gasteiger partial charge in [-0.3, -0.25) is 0 Å². The van der Waals surface area contributed by atoms with Crippen LogP contribution in [-0.4, -0.2) is 27.2 Å². The average molecular weight is 247 g/mol. The lowest BCUT2D eigenvalue weighted by Crippen LogP contribution is -2.57. The van der Waals surface area contributed by atoms with Gasteiger partial charge in [0.15, 0.2) is 0 Å². The normalized spacial score (nSPS) is 45.6. The van der Waals surface area contributed by atoms with Crippen molar-refractivity contribution in [2.75, 3.05) is 6.54 Å². The van der Waals surface area contributed by atoms with Crippen LogP contribution in [0, 0.1) is 29.1 Å². The van der Waals surface area contributed by atoms with Crippen LogP contribution in [0.5, 0.6) is 0 Å². The van der Waals surface area contributed by atoms with Crippen molar-refractivity contribution in [3.8, 4) is 0 Å². The molecule has 5 rings (SSSR count). The number of rotatable bonds is 3. The Hall–Kier alpha value is -0.970. The number of aromatic amines is 1. The Morgan fingerprint density at radius 2 is 1.78 bits per heavy atom. The van der Waals surface area contributed by atoms with Gasteiger partial charge in [-0.05, 0) is 78.2 Å². The minimum atomic E-state index is 0.272. The smallest absolute Gasteiger partial charge is 0.149 e. The highest BCUT2D eigenvalue weighted by atomic mass is 15.5. The highest BCUT2D eigenvalue weighted by molar-refractivity contribution is 5.09. The molecule has 5 heteroatoms. The molecule has 0 saturated heterocycles. The monoisotopic (exact) mass is 247 g/mol. The third-order valence-corrected chi connectivity index (χ3v) is 6.03. The first-order chi connectivity index (χ1) is 8.80. The number of nitrogens with zero attached hydrogens (tertiary/aromatic N) is 3. The van der Waals surface area contributed by atoms with Gasteiger partial charge in [-0.2, -0.15) is 0 Å². The van der Waals surface area contributed by atoms with E-state index in [4.69, 9.17) is 5.73 Å². The van der Waals surface area contributed by atoms with Crippen molar-refractivity contribution >= 4 is 0 Å². The molecule has 0 amide bonds. The van der Waals surface area contributed by atoms with Gasteiger partial charge in [0.05, 0.1) is 0 Å². The second-order valence-electron chi connectivity index (χ2n) is 6.77. The zero-order valence-corrected chi connectivity index (χ0v) is 10.7. The second kappa shape index (κ2) is 3.76. The van der Waals surface area contributed by atoms with Gasteiger partial charge in [-0.15, -0.1) is 5.10 Å². The quantitative estimate of drug-likeness (QED) is 0.839. The molecule has 0 spiro atoms. The van der Waals surface area contributed by atoms with Gasteiger partial charge in [0, 0.05) is 6.42 Å². The Bertz CT molecular complexity index is 399. The molecule has 1 heterocycles. The predicted octanol–water partition coefficient (Wildman–Crippen LogP) is 1.14. The summed E-state index contributed by atoms with van der Waals surface area (Å²) in [4.78, 5) is 0. The summed E-state index contributed by atoms with van der Waals surface area (Å²) in [7, 11) is 0. The fourth-order valence-electron chi connectivity index (χ4n) is 5.38. The maximum Gasteiger partial charge on any atom is 0.149 e. The van der Waals surface area contributed by atoms with Crippen molar-refractivity contribution in [1.82, 2.24) is 20.6 Å². The third-order valence-electron chi connectivity index (χ3n) is 6.03. The van der Waals surface area contributed by atoms with Crippen LogP contribution in [0.2, 0.25) is 0 Å². The SMILES string of the molecule is NCC1(Cc2nnn[nH]2)C2CC3CC(C2)CC1C3. The Balaban J connectivity index is 1.67. The molecule has 1 aromatic rings. The van der Waals surface area contributed by atoms with Crippen LogP contribution in [0.4, 0.5) is 0 Å². The second-order valence-corrected chi connectivity index (χ2v) is 6.77. The first kappa shape index (κ1) is 10.9. The van der Waals surface area contributed by atoms with Gasteiger partial charge in [-0.25, -0.2) is 5.10 Å². The van der Waals surface area contributed by atoms with E-state index in [0.717, 1.165) is 42.5 Å². The molecule has 5 nitrogen and oxygen atoms in total. The highest BCUT2D eigenvalue weighted by Crippen LogP contribution is 2.62. The summed E-state index contributed by atoms with van der Waals surface area (Å²) in [6, 6.07) is 0. The topological polar surface area (TPSA) is 80.5 Å². The van der Waals surface area contributed by atoms with Crippen molar-refractivity contribution in [2.24, 2.45) is 34.8 Å². The summed E-state index contributed by atoms with van der Waals surface area (Å²) in [6.45, 7) is 0.794. The Morgan fingerprint density at radius 1 is 1.11 bits per heavy atom. The molecule has 0 atom stereocenters. The lowest BCUT2D eigenvalue weighted by Gasteiger charge is -2.61. The van der Waals surface area contributed by atoms with E-state index in [1.807, 2.05) is 0 Å². The van der Waals surface area contributed by atoms with Gasteiger partial charge >= 0.3 is 0 Å². The minimum absolute atomic E-state index is 0.272. The van der Waals surface area contributed by atoms with E-state index >= 15 is 0 Å². The fraction of sp³-hybridized carbons (Fsp3) is 0.923. The van der Waals surface area contributed by atoms with E-state index in [1.54, 1.807) is 0 Å². The largest absolute Gasteiger partial charge is 0.330 e. The van der Waals surface area contributed by atoms with Gasteiger partial charge in [0.2, 0.25) is 0 Å². The van der Waals surface area contributed by atoms with E-state index in [0.29, 0.717) is 0 Å². The molecule has 4 aliphatic carbocycles. The highest BCUT2D eigenvalue weighted by Gasteiger charge is 2.56. The number of aromatic nitrogens is 4. The van der Waals surface area contributed by atoms with Crippen LogP contribution in [0.15, 0.2) is 0 Å². The summed E-state index contributed by atoms with van der Waals surface area (Å²) >= 11 is 0. The molecular formula is C13H21N5. The lowest BCUT2D eigenvalue weighted by atomic mass is 9.44. The summed E-state index contributed by atoms with van der Waals surface area (Å²) in [5, 5.41) is 14.4. The minimum Gasteiger partial charge on any atom is -0.330 e. The Labute approximate surface area is 107 Å². The molecule has 4 aliphatic rings. The van der Waals surface area contributed by atoms with E-state index in [1.165, 1.54) is 32.1 Å². The van der Waals surface area contributed by atoms with Crippen LogP contribution in [0.1, 0.15) is 37.9 Å². The standard InChI is InChI=1S/C13H21N5/c14-7-13(6-12-15-17-18-16-12)10-2-8-1-9(4-10)5-11(13)3-8/h8-11H,1-7,14H2,(H,15,16,17,18). The maximum absolute atomic E-state index is 6.22. The van der Waals surface area contributed by atoms with Gasteiger partial charge in [0.25, 0.3) is 0 Å². The fourth-order valence-corrected chi connectivity index (χ4v) is 5.38. The number of nitrogens with one attached hydrogen (secondary N) is 1. The third kappa shape index (κ3) is 1.40. The van der Waals surface area contributed by atoms with E-state index in [2.05, 4.69) is 20.6 Å². The van der Waals surface area contributed by atoms with Crippen molar-refractivity contribution in [2.45, 2.75) is 38.5 Å². The number of hydrogen-bond donors (Lipinski definition) is 2. The molecule has 1 aromatic heterocycles. The van der Waals surface area contributed by atoms with Crippen LogP contribution in [-0.2, 0) is 6.42 Å². The molecule has 18 heavy (non-hydrogen) atoms. The van der Waals surface area contributed by atoms with Gasteiger partial charge in [0.1, 0.15) is 5.82 Å². The molecule has 3 N–H and O–H groups in total. The first-order valence-corrected chi connectivity index (χ1v) is 7.23. The van der Waals surface area contributed by atoms with E-state index in [9.17, 15) is 0 Å². The van der Waals surface area contributed by atoms with Crippen molar-refractivity contribution in [3.63, 3.8) is 0 Å². The van der Waals surface area contributed by atoms with Gasteiger partial charge < -0.3 is 5.73 Å². The van der Waals surface area contributed by atoms with Crippen LogP contribution >= 0.6 is 0 Å². The molecule has 0 unspecified atom stereocenters. The summed E-state index contributed by atoms with van der Waals surface area (Å²) in [6.07, 6.45) is 8.01. The zero-order valence-electron chi connectivity index (χ0n) is 10.7. The van der Waals surface area contributed by atoms with Crippen LogP contribution < -0.4 is 5.73 Å². The van der Waals surface area contributed by atoms with Crippen molar-refractivity contribution in [3.05, 3.63) is 5.82 Å². The number of tetrazole rings is 1. The van der Waals surface area contributed by atoms with Crippen molar-refractivity contribution in [1.29, 1.82) is 0 Å². The Kier molecular flexibility index (Phi) is 2.28. The van der Waals surface area contributed by atoms with E-state index in [-0.39, 0.29) is 5.41 Å². The summed E-state index contributed by atoms with van der Waals surface area (Å²) in [5.41, 5.74) is 6.50. The molecule has 0 radical (unpaired) electrons. The average Bonchev–Trinajstić information content (AvgIpc) is 2.86. The number of hydrogen-bond acceptors (Lipinski definition) is 4. The molecule has 0 aliphatic heterocycles. The Morgan fingerprint density at radius 3 is 2.28 bits per heavy atom. The maximum atomic E-state index is 6.22. The summed E-state index contributed by atoms with van der Waals surface area (Å²) in [5.74, 6) is 4.51. The number of H-pyrrole nitrogens is 1. The molecule has 98 valence electrons. The van der Waals surface area contributed by atoms with Crippen LogP contribution in [0.3, 0.4) is 0 Å². The lowest BCUT2D eigenvalue weighted by molar-refractivity contribution is -0.104. The molecule has 4 fully saturated rings. The summed E-state index contributed by atoms with van der Waals surface area (Å²) < 4.78 is 0. The molecule has 4 bridgehead atoms. The first-order valence-electron chi connectivity index (χ1n) is 7.23. The van der Waals surface area contributed by atoms with Crippen LogP contribution in [0.25, 0.3) is 0 Å². The molecular weight excluding hydrogens is 226 g/mol. The van der Waals surface area contributed by atoms with E-state index < -0.39 is 0 Å². The zero-order chi connectivity index (χ0) is 12.2. The van der Waals surface area contributed by atoms with Crippen molar-refractivity contribution < 1.29 is 0 Å². The molecule has 4 saturated carbocycles. The predicted molar refractivity (Wildman–Crippen MR) is 66.4 cm³/mol. The number of nitrogens with two attached hydrogens (primary N) is 1.